The molecule has 4 aromatic rings. The number of aromatic nitrogens is 4. The molecule has 0 bridgehead atoms. The monoisotopic (exact) mass is 714 g/mol. The fourth-order valence-corrected chi connectivity index (χ4v) is 10.5. The molecule has 3 aliphatic rings. The molecule has 0 radical (unpaired) electrons. The summed E-state index contributed by atoms with van der Waals surface area (Å²) in [6, 6.07) is 11.1. The lowest BCUT2D eigenvalue weighted by molar-refractivity contribution is -0.145. The number of imidazole rings is 2. The average molecular weight is 715 g/mol. The van der Waals surface area contributed by atoms with Gasteiger partial charge in [0.25, 0.3) is 0 Å². The van der Waals surface area contributed by atoms with Crippen LogP contribution >= 0.6 is 23.1 Å². The van der Waals surface area contributed by atoms with E-state index in [0.717, 1.165) is 92.8 Å². The standard InChI is InChI=1S/C40H54N6O2S2/c1-8-39(7,25(4)5)38(48)45-20-10-14-32(45)35-41-23-31(44-35)33-18-16-28(49-33)13-9-12-27-15-17-29-30(22-27)43-36(42-29)34-40(50-34)19-11-21-46(40)37(47)26(6)24(2)3/h15-18,22-26,32,34H,8-14,19-21H2,1-7H3,(H,41,44)(H,42,43). The van der Waals surface area contributed by atoms with Crippen LogP contribution in [0.25, 0.3) is 21.6 Å². The number of H-pyrrole nitrogens is 2. The third kappa shape index (κ3) is 6.33. The second-order valence-corrected chi connectivity index (χ2v) is 18.4. The molecule has 7 rings (SSSR count). The maximum atomic E-state index is 13.7. The number of carbonyl (C=O) groups excluding carboxylic acids is 2. The van der Waals surface area contributed by atoms with Crippen molar-refractivity contribution in [2.45, 2.75) is 116 Å². The Morgan fingerprint density at radius 1 is 1.04 bits per heavy atom. The first-order chi connectivity index (χ1) is 23.9. The molecule has 5 atom stereocenters. The van der Waals surface area contributed by atoms with Crippen molar-refractivity contribution in [1.29, 1.82) is 0 Å². The number of carbonyl (C=O) groups is 2. The van der Waals surface area contributed by atoms with Gasteiger partial charge in [-0.05, 0) is 93.0 Å². The molecule has 1 aromatic carbocycles. The maximum absolute atomic E-state index is 13.7. The SMILES string of the molecule is CCC(C)(C(=O)N1CCCC1c1ncc(-c2ccc(CCCc3ccc4nc(C5SC56CCCN6C(=O)C(C)C(C)C)[nH]c4c3)s2)[nH]1)C(C)C. The number of aromatic amines is 2. The maximum Gasteiger partial charge on any atom is 0.229 e. The largest absolute Gasteiger partial charge is 0.341 e. The summed E-state index contributed by atoms with van der Waals surface area (Å²) in [7, 11) is 0. The molecule has 0 saturated carbocycles. The van der Waals surface area contributed by atoms with E-state index in [2.05, 4.69) is 98.6 Å². The van der Waals surface area contributed by atoms with Crippen LogP contribution < -0.4 is 0 Å². The Kier molecular flexibility index (Phi) is 9.74. The summed E-state index contributed by atoms with van der Waals surface area (Å²) in [4.78, 5) is 50.7. The molecule has 3 aliphatic heterocycles. The number of fused-ring (bicyclic) bond motifs is 1. The van der Waals surface area contributed by atoms with Gasteiger partial charge in [-0.25, -0.2) is 9.97 Å². The molecule has 50 heavy (non-hydrogen) atoms. The third-order valence-corrected chi connectivity index (χ3v) is 15.1. The zero-order valence-electron chi connectivity index (χ0n) is 30.8. The van der Waals surface area contributed by atoms with Gasteiger partial charge in [-0.3, -0.25) is 9.59 Å². The predicted molar refractivity (Wildman–Crippen MR) is 205 cm³/mol. The van der Waals surface area contributed by atoms with E-state index in [1.165, 1.54) is 15.3 Å². The number of likely N-dealkylation sites (tertiary alicyclic amines) is 2. The molecule has 10 heteroatoms. The van der Waals surface area contributed by atoms with Crippen LogP contribution in [-0.2, 0) is 22.4 Å². The van der Waals surface area contributed by atoms with Gasteiger partial charge < -0.3 is 19.8 Å². The van der Waals surface area contributed by atoms with Crippen molar-refractivity contribution < 1.29 is 9.59 Å². The van der Waals surface area contributed by atoms with Crippen molar-refractivity contribution in [2.75, 3.05) is 13.1 Å². The van der Waals surface area contributed by atoms with Gasteiger partial charge in [0.2, 0.25) is 11.8 Å². The fourth-order valence-electron chi connectivity index (χ4n) is 8.02. The van der Waals surface area contributed by atoms with E-state index in [9.17, 15) is 9.59 Å². The van der Waals surface area contributed by atoms with Crippen LogP contribution in [0.2, 0.25) is 0 Å². The van der Waals surface area contributed by atoms with Gasteiger partial charge in [-0.2, -0.15) is 0 Å². The molecule has 6 heterocycles. The van der Waals surface area contributed by atoms with Gasteiger partial charge in [0, 0.05) is 29.3 Å². The average Bonchev–Trinajstić information content (AvgIpc) is 3.79. The van der Waals surface area contributed by atoms with Crippen molar-refractivity contribution in [1.82, 2.24) is 29.7 Å². The number of rotatable bonds is 12. The molecule has 8 nitrogen and oxygen atoms in total. The van der Waals surface area contributed by atoms with Gasteiger partial charge >= 0.3 is 0 Å². The van der Waals surface area contributed by atoms with Crippen molar-refractivity contribution in [3.05, 3.63) is 58.6 Å². The Labute approximate surface area is 305 Å². The highest BCUT2D eigenvalue weighted by atomic mass is 32.2. The number of thiophene rings is 1. The Bertz CT molecular complexity index is 1860. The van der Waals surface area contributed by atoms with Gasteiger partial charge in [0.1, 0.15) is 16.5 Å². The van der Waals surface area contributed by atoms with E-state index in [1.54, 1.807) is 0 Å². The van der Waals surface area contributed by atoms with Gasteiger partial charge in [-0.1, -0.05) is 54.5 Å². The van der Waals surface area contributed by atoms with E-state index in [4.69, 9.17) is 9.97 Å². The summed E-state index contributed by atoms with van der Waals surface area (Å²) in [6.45, 7) is 16.6. The molecule has 3 saturated heterocycles. The first-order valence-electron chi connectivity index (χ1n) is 18.9. The topological polar surface area (TPSA) is 98.0 Å². The van der Waals surface area contributed by atoms with Gasteiger partial charge in [0.05, 0.1) is 39.1 Å². The van der Waals surface area contributed by atoms with Crippen LogP contribution in [0.5, 0.6) is 0 Å². The van der Waals surface area contributed by atoms with Crippen LogP contribution in [0.1, 0.15) is 120 Å². The Hall–Kier alpha value is -3.11. The summed E-state index contributed by atoms with van der Waals surface area (Å²) in [5, 5.41) is 0.226. The van der Waals surface area contributed by atoms with E-state index in [0.29, 0.717) is 17.7 Å². The predicted octanol–water partition coefficient (Wildman–Crippen LogP) is 9.32. The number of benzene rings is 1. The Balaban J connectivity index is 0.954. The van der Waals surface area contributed by atoms with Crippen molar-refractivity contribution in [3.63, 3.8) is 0 Å². The quantitative estimate of drug-likeness (QED) is 0.143. The zero-order chi connectivity index (χ0) is 35.4. The second kappa shape index (κ2) is 13.8. The second-order valence-electron chi connectivity index (χ2n) is 15.8. The van der Waals surface area contributed by atoms with Gasteiger partial charge in [0.15, 0.2) is 0 Å². The van der Waals surface area contributed by atoms with Crippen LogP contribution in [-0.4, -0.2) is 59.5 Å². The lowest BCUT2D eigenvalue weighted by Crippen LogP contribution is -2.44. The van der Waals surface area contributed by atoms with Crippen molar-refractivity contribution in [2.24, 2.45) is 23.2 Å². The lowest BCUT2D eigenvalue weighted by Gasteiger charge is -2.37. The Morgan fingerprint density at radius 3 is 2.62 bits per heavy atom. The molecule has 2 amide bonds. The first-order valence-corrected chi connectivity index (χ1v) is 20.6. The summed E-state index contributed by atoms with van der Waals surface area (Å²) < 4.78 is 0. The number of aryl methyl sites for hydroxylation is 2. The highest BCUT2D eigenvalue weighted by Gasteiger charge is 2.65. The van der Waals surface area contributed by atoms with Crippen molar-refractivity contribution in [3.8, 4) is 10.6 Å². The summed E-state index contributed by atoms with van der Waals surface area (Å²) in [5.74, 6) is 3.15. The van der Waals surface area contributed by atoms with Crippen LogP contribution in [0.3, 0.4) is 0 Å². The van der Waals surface area contributed by atoms with E-state index >= 15 is 0 Å². The molecule has 2 N–H and O–H groups in total. The fraction of sp³-hybridized carbons (Fsp3) is 0.600. The van der Waals surface area contributed by atoms with E-state index in [-0.39, 0.29) is 33.4 Å². The van der Waals surface area contributed by atoms with Crippen LogP contribution in [0.4, 0.5) is 0 Å². The minimum atomic E-state index is -0.348. The lowest BCUT2D eigenvalue weighted by atomic mass is 9.75. The molecular weight excluding hydrogens is 661 g/mol. The normalized spacial score (nSPS) is 23.9. The third-order valence-electron chi connectivity index (χ3n) is 12.3. The number of nitrogens with one attached hydrogen (secondary N) is 2. The van der Waals surface area contributed by atoms with Gasteiger partial charge in [-0.15, -0.1) is 23.1 Å². The number of hydrogen-bond acceptors (Lipinski definition) is 6. The molecule has 5 unspecified atom stereocenters. The highest BCUT2D eigenvalue weighted by molar-refractivity contribution is 8.08. The molecule has 0 aliphatic carbocycles. The highest BCUT2D eigenvalue weighted by Crippen LogP contribution is 2.70. The molecule has 3 fully saturated rings. The first kappa shape index (κ1) is 35.3. The summed E-state index contributed by atoms with van der Waals surface area (Å²) >= 11 is 3.73. The van der Waals surface area contributed by atoms with Crippen LogP contribution in [0.15, 0.2) is 36.5 Å². The van der Waals surface area contributed by atoms with E-state index in [1.807, 2.05) is 29.3 Å². The molecular formula is C40H54N6O2S2. The molecule has 268 valence electrons. The minimum absolute atomic E-state index is 0.0212. The van der Waals surface area contributed by atoms with E-state index < -0.39 is 0 Å². The summed E-state index contributed by atoms with van der Waals surface area (Å²) in [6.07, 6.45) is 9.96. The summed E-state index contributed by atoms with van der Waals surface area (Å²) in [5.41, 5.74) is 4.10. The number of hydrogen-bond donors (Lipinski definition) is 2. The molecule has 3 aromatic heterocycles. The van der Waals surface area contributed by atoms with Crippen molar-refractivity contribution >= 4 is 45.9 Å². The number of nitrogens with zero attached hydrogens (tertiary/aromatic N) is 4. The molecule has 1 spiro atoms. The number of amides is 2. The Morgan fingerprint density at radius 2 is 1.86 bits per heavy atom. The van der Waals surface area contributed by atoms with Crippen LogP contribution in [0, 0.1) is 23.2 Å². The zero-order valence-corrected chi connectivity index (χ0v) is 32.5. The smallest absolute Gasteiger partial charge is 0.229 e. The number of thioether (sulfide) groups is 1. The minimum Gasteiger partial charge on any atom is -0.341 e.